The summed E-state index contributed by atoms with van der Waals surface area (Å²) >= 11 is 0. The third kappa shape index (κ3) is 4.79. The topological polar surface area (TPSA) is 23.6 Å². The maximum Gasteiger partial charge on any atom is 0.236 e. The second kappa shape index (κ2) is 7.88. The lowest BCUT2D eigenvalue weighted by Gasteiger charge is -2.33. The first-order chi connectivity index (χ1) is 9.27. The van der Waals surface area contributed by atoms with Crippen LogP contribution in [0.4, 0.5) is 0 Å². The first kappa shape index (κ1) is 14.8. The smallest absolute Gasteiger partial charge is 0.236 e. The van der Waals surface area contributed by atoms with Crippen molar-refractivity contribution in [1.29, 1.82) is 0 Å². The number of likely N-dealkylation sites (tertiary alicyclic amines) is 1. The second-order valence-electron chi connectivity index (χ2n) is 6.34. The molecule has 0 aromatic carbocycles. The van der Waals surface area contributed by atoms with Crippen LogP contribution in [-0.2, 0) is 4.79 Å². The van der Waals surface area contributed by atoms with Crippen molar-refractivity contribution in [2.45, 2.75) is 70.3 Å². The lowest BCUT2D eigenvalue weighted by Crippen LogP contribution is -2.44. The Bertz CT molecular complexity index is 266. The van der Waals surface area contributed by atoms with E-state index in [2.05, 4.69) is 4.90 Å². The van der Waals surface area contributed by atoms with E-state index in [1.165, 1.54) is 64.2 Å². The zero-order valence-electron chi connectivity index (χ0n) is 12.6. The minimum atomic E-state index is 0.340. The largest absolute Gasteiger partial charge is 0.342 e. The van der Waals surface area contributed by atoms with E-state index in [0.717, 1.165) is 13.1 Å². The molecule has 0 N–H and O–H groups in total. The third-order valence-corrected chi connectivity index (χ3v) is 4.82. The van der Waals surface area contributed by atoms with E-state index in [0.29, 0.717) is 18.5 Å². The van der Waals surface area contributed by atoms with E-state index in [4.69, 9.17) is 0 Å². The number of hydrogen-bond donors (Lipinski definition) is 0. The fourth-order valence-corrected chi connectivity index (χ4v) is 3.45. The normalized spacial score (nSPS) is 23.6. The summed E-state index contributed by atoms with van der Waals surface area (Å²) in [4.78, 5) is 16.8. The molecule has 3 nitrogen and oxygen atoms in total. The van der Waals surface area contributed by atoms with Crippen LogP contribution in [0.15, 0.2) is 0 Å². The van der Waals surface area contributed by atoms with E-state index < -0.39 is 0 Å². The molecule has 0 bridgehead atoms. The summed E-state index contributed by atoms with van der Waals surface area (Å²) in [6.45, 7) is 2.88. The molecule has 1 aliphatic heterocycles. The minimum absolute atomic E-state index is 0.340. The highest BCUT2D eigenvalue weighted by Crippen LogP contribution is 2.22. The van der Waals surface area contributed by atoms with Crippen molar-refractivity contribution < 1.29 is 4.79 Å². The molecule has 1 heterocycles. The van der Waals surface area contributed by atoms with Gasteiger partial charge in [0.05, 0.1) is 6.54 Å². The van der Waals surface area contributed by atoms with Gasteiger partial charge in [-0.1, -0.05) is 38.5 Å². The Balaban J connectivity index is 1.77. The van der Waals surface area contributed by atoms with Crippen LogP contribution in [0.3, 0.4) is 0 Å². The third-order valence-electron chi connectivity index (χ3n) is 4.82. The molecule has 1 saturated carbocycles. The molecule has 1 saturated heterocycles. The average molecular weight is 266 g/mol. The van der Waals surface area contributed by atoms with Gasteiger partial charge in [-0.2, -0.15) is 0 Å². The molecular formula is C16H30N2O. The number of carbonyl (C=O) groups excluding carboxylic acids is 1. The predicted octanol–water partition coefficient (Wildman–Crippen LogP) is 3.04. The molecule has 3 heteroatoms. The highest BCUT2D eigenvalue weighted by atomic mass is 16.2. The summed E-state index contributed by atoms with van der Waals surface area (Å²) in [5.41, 5.74) is 0. The SMILES string of the molecule is CN(C(=O)CN1CCCCCCC1)C1CCCCC1. The Morgan fingerprint density at radius 2 is 1.47 bits per heavy atom. The highest BCUT2D eigenvalue weighted by molar-refractivity contribution is 5.78. The Hall–Kier alpha value is -0.570. The van der Waals surface area contributed by atoms with E-state index in [-0.39, 0.29) is 0 Å². The molecule has 2 rings (SSSR count). The van der Waals surface area contributed by atoms with Crippen LogP contribution in [-0.4, -0.2) is 48.4 Å². The average Bonchev–Trinajstić information content (AvgIpc) is 2.41. The van der Waals surface area contributed by atoms with Gasteiger partial charge in [0.25, 0.3) is 0 Å². The van der Waals surface area contributed by atoms with Gasteiger partial charge in [0.15, 0.2) is 0 Å². The quantitative estimate of drug-likeness (QED) is 0.784. The number of rotatable bonds is 3. The van der Waals surface area contributed by atoms with Gasteiger partial charge in [-0.05, 0) is 38.8 Å². The number of amides is 1. The summed E-state index contributed by atoms with van der Waals surface area (Å²) in [6, 6.07) is 0.510. The van der Waals surface area contributed by atoms with Gasteiger partial charge in [-0.3, -0.25) is 9.69 Å². The Labute approximate surface area is 118 Å². The minimum Gasteiger partial charge on any atom is -0.342 e. The van der Waals surface area contributed by atoms with Crippen molar-refractivity contribution >= 4 is 5.91 Å². The van der Waals surface area contributed by atoms with E-state index >= 15 is 0 Å². The molecule has 0 radical (unpaired) electrons. The lowest BCUT2D eigenvalue weighted by atomic mass is 9.94. The van der Waals surface area contributed by atoms with Crippen LogP contribution >= 0.6 is 0 Å². The molecule has 0 aromatic heterocycles. The summed E-state index contributed by atoms with van der Waals surface area (Å²) < 4.78 is 0. The molecule has 2 aliphatic rings. The van der Waals surface area contributed by atoms with Crippen LogP contribution in [0.1, 0.15) is 64.2 Å². The zero-order chi connectivity index (χ0) is 13.5. The van der Waals surface area contributed by atoms with E-state index in [1.54, 1.807) is 0 Å². The number of hydrogen-bond acceptors (Lipinski definition) is 2. The van der Waals surface area contributed by atoms with E-state index in [9.17, 15) is 4.79 Å². The number of nitrogens with zero attached hydrogens (tertiary/aromatic N) is 2. The van der Waals surface area contributed by atoms with Crippen molar-refractivity contribution in [3.8, 4) is 0 Å². The molecule has 0 spiro atoms. The van der Waals surface area contributed by atoms with Gasteiger partial charge in [-0.15, -0.1) is 0 Å². The molecule has 0 atom stereocenters. The fraction of sp³-hybridized carbons (Fsp3) is 0.938. The molecule has 1 aliphatic carbocycles. The van der Waals surface area contributed by atoms with Crippen LogP contribution < -0.4 is 0 Å². The van der Waals surface area contributed by atoms with Gasteiger partial charge >= 0.3 is 0 Å². The van der Waals surface area contributed by atoms with Crippen molar-refractivity contribution in [3.63, 3.8) is 0 Å². The van der Waals surface area contributed by atoms with Gasteiger partial charge < -0.3 is 4.90 Å². The van der Waals surface area contributed by atoms with Gasteiger partial charge in [0, 0.05) is 13.1 Å². The zero-order valence-corrected chi connectivity index (χ0v) is 12.6. The maximum atomic E-state index is 12.4. The summed E-state index contributed by atoms with van der Waals surface area (Å²) in [7, 11) is 2.02. The summed E-state index contributed by atoms with van der Waals surface area (Å²) in [5.74, 6) is 0.340. The van der Waals surface area contributed by atoms with Crippen LogP contribution in [0.2, 0.25) is 0 Å². The molecule has 0 aromatic rings. The van der Waals surface area contributed by atoms with Crippen LogP contribution in [0.5, 0.6) is 0 Å². The summed E-state index contributed by atoms with van der Waals surface area (Å²) in [6.07, 6.45) is 12.9. The van der Waals surface area contributed by atoms with Crippen molar-refractivity contribution in [1.82, 2.24) is 9.80 Å². The van der Waals surface area contributed by atoms with Gasteiger partial charge in [-0.25, -0.2) is 0 Å². The van der Waals surface area contributed by atoms with Crippen molar-refractivity contribution in [2.75, 3.05) is 26.7 Å². The van der Waals surface area contributed by atoms with Crippen LogP contribution in [0, 0.1) is 0 Å². The Morgan fingerprint density at radius 1 is 0.947 bits per heavy atom. The maximum absolute atomic E-state index is 12.4. The predicted molar refractivity (Wildman–Crippen MR) is 79.2 cm³/mol. The first-order valence-corrected chi connectivity index (χ1v) is 8.25. The van der Waals surface area contributed by atoms with Crippen LogP contribution in [0.25, 0.3) is 0 Å². The van der Waals surface area contributed by atoms with Gasteiger partial charge in [0.1, 0.15) is 0 Å². The monoisotopic (exact) mass is 266 g/mol. The van der Waals surface area contributed by atoms with Crippen molar-refractivity contribution in [3.05, 3.63) is 0 Å². The molecular weight excluding hydrogens is 236 g/mol. The summed E-state index contributed by atoms with van der Waals surface area (Å²) in [5, 5.41) is 0. The van der Waals surface area contributed by atoms with Crippen molar-refractivity contribution in [2.24, 2.45) is 0 Å². The standard InChI is InChI=1S/C16H30N2O/c1-17(15-10-6-5-7-11-15)16(19)14-18-12-8-3-2-4-9-13-18/h15H,2-14H2,1H3. The first-order valence-electron chi connectivity index (χ1n) is 8.25. The number of likely N-dealkylation sites (N-methyl/N-ethyl adjacent to an activating group) is 1. The molecule has 2 fully saturated rings. The highest BCUT2D eigenvalue weighted by Gasteiger charge is 2.23. The second-order valence-corrected chi connectivity index (χ2v) is 6.34. The Kier molecular flexibility index (Phi) is 6.15. The fourth-order valence-electron chi connectivity index (χ4n) is 3.45. The Morgan fingerprint density at radius 3 is 2.11 bits per heavy atom. The van der Waals surface area contributed by atoms with Gasteiger partial charge in [0.2, 0.25) is 5.91 Å². The molecule has 110 valence electrons. The number of carbonyl (C=O) groups is 1. The molecule has 19 heavy (non-hydrogen) atoms. The van der Waals surface area contributed by atoms with E-state index in [1.807, 2.05) is 11.9 Å². The molecule has 1 amide bonds. The molecule has 0 unspecified atom stereocenters. The lowest BCUT2D eigenvalue weighted by molar-refractivity contribution is -0.133.